The number of rotatable bonds is 5. The summed E-state index contributed by atoms with van der Waals surface area (Å²) in [5.41, 5.74) is 1.67. The third-order valence-corrected chi connectivity index (χ3v) is 7.14. The highest BCUT2D eigenvalue weighted by Gasteiger charge is 2.31. The molecule has 0 unspecified atom stereocenters. The van der Waals surface area contributed by atoms with Crippen molar-refractivity contribution in [3.63, 3.8) is 0 Å². The zero-order chi connectivity index (χ0) is 20.3. The summed E-state index contributed by atoms with van der Waals surface area (Å²) >= 11 is 0. The van der Waals surface area contributed by atoms with Gasteiger partial charge in [0.15, 0.2) is 0 Å². The van der Waals surface area contributed by atoms with Gasteiger partial charge in [0.25, 0.3) is 5.91 Å². The lowest BCUT2D eigenvalue weighted by molar-refractivity contribution is 0.102. The van der Waals surface area contributed by atoms with E-state index < -0.39 is 26.6 Å². The molecule has 2 aromatic carbocycles. The Kier molecular flexibility index (Phi) is 6.15. The highest BCUT2D eigenvalue weighted by molar-refractivity contribution is 7.89. The number of hydrogen-bond acceptors (Lipinski definition) is 3. The van der Waals surface area contributed by atoms with Gasteiger partial charge in [0.2, 0.25) is 10.0 Å². The van der Waals surface area contributed by atoms with Gasteiger partial charge in [0, 0.05) is 24.3 Å². The monoisotopic (exact) mass is 404 g/mol. The van der Waals surface area contributed by atoms with Gasteiger partial charge in [-0.25, -0.2) is 12.8 Å². The molecular weight excluding hydrogens is 379 g/mol. The number of amides is 1. The first-order valence-corrected chi connectivity index (χ1v) is 10.9. The molecule has 0 spiro atoms. The Labute approximate surface area is 165 Å². The summed E-state index contributed by atoms with van der Waals surface area (Å²) < 4.78 is 41.6. The first kappa shape index (κ1) is 20.5. The lowest BCUT2D eigenvalue weighted by atomic mass is 9.96. The Morgan fingerprint density at radius 2 is 1.82 bits per heavy atom. The number of nitrogens with zero attached hydrogens (tertiary/aromatic N) is 1. The minimum Gasteiger partial charge on any atom is -0.322 e. The summed E-state index contributed by atoms with van der Waals surface area (Å²) in [6.45, 7) is 1.90. The molecule has 1 N–H and O–H groups in total. The molecule has 1 aliphatic carbocycles. The lowest BCUT2D eigenvalue weighted by Gasteiger charge is -2.30. The molecule has 5 nitrogen and oxygen atoms in total. The zero-order valence-electron chi connectivity index (χ0n) is 16.1. The van der Waals surface area contributed by atoms with E-state index in [-0.39, 0.29) is 11.6 Å². The first-order chi connectivity index (χ1) is 13.3. The minimum absolute atomic E-state index is 0.0959. The van der Waals surface area contributed by atoms with Crippen molar-refractivity contribution < 1.29 is 17.6 Å². The van der Waals surface area contributed by atoms with Crippen LogP contribution in [0.15, 0.2) is 47.4 Å². The maximum absolute atomic E-state index is 14.4. The van der Waals surface area contributed by atoms with Crippen molar-refractivity contribution in [2.45, 2.75) is 50.0 Å². The Morgan fingerprint density at radius 1 is 1.11 bits per heavy atom. The second-order valence-electron chi connectivity index (χ2n) is 7.28. The Bertz CT molecular complexity index is 969. The van der Waals surface area contributed by atoms with Crippen LogP contribution < -0.4 is 5.32 Å². The van der Waals surface area contributed by atoms with Crippen molar-refractivity contribution in [1.29, 1.82) is 0 Å². The summed E-state index contributed by atoms with van der Waals surface area (Å²) in [6, 6.07) is 10.6. The van der Waals surface area contributed by atoms with Crippen molar-refractivity contribution in [3.8, 4) is 0 Å². The number of aryl methyl sites for hydroxylation is 1. The molecule has 0 aliphatic heterocycles. The second kappa shape index (κ2) is 8.41. The number of carbonyl (C=O) groups excluding carboxylic acids is 1. The molecule has 0 bridgehead atoms. The molecule has 0 atom stereocenters. The van der Waals surface area contributed by atoms with Crippen molar-refractivity contribution in [2.24, 2.45) is 0 Å². The summed E-state index contributed by atoms with van der Waals surface area (Å²) in [7, 11) is -2.54. The minimum atomic E-state index is -4.03. The van der Waals surface area contributed by atoms with E-state index in [1.807, 2.05) is 19.1 Å². The summed E-state index contributed by atoms with van der Waals surface area (Å²) in [5, 5.41) is 2.72. The first-order valence-electron chi connectivity index (χ1n) is 9.44. The Morgan fingerprint density at radius 3 is 2.50 bits per heavy atom. The van der Waals surface area contributed by atoms with Crippen LogP contribution in [0.4, 0.5) is 10.1 Å². The molecule has 1 saturated carbocycles. The standard InChI is InChI=1S/C21H25FN2O3S/c1-15-7-6-8-17(13-15)23-21(25)16-11-12-19(22)20(14-16)28(26,27)24(2)18-9-4-3-5-10-18/h6-8,11-14,18H,3-5,9-10H2,1-2H3,(H,23,25). The van der Waals surface area contributed by atoms with Gasteiger partial charge in [0.1, 0.15) is 10.7 Å². The van der Waals surface area contributed by atoms with Gasteiger partial charge in [-0.3, -0.25) is 4.79 Å². The van der Waals surface area contributed by atoms with Crippen LogP contribution in [0.3, 0.4) is 0 Å². The van der Waals surface area contributed by atoms with Crippen LogP contribution in [-0.2, 0) is 10.0 Å². The Balaban J connectivity index is 1.87. The number of nitrogens with one attached hydrogen (secondary N) is 1. The van der Waals surface area contributed by atoms with E-state index in [9.17, 15) is 17.6 Å². The maximum Gasteiger partial charge on any atom is 0.255 e. The largest absolute Gasteiger partial charge is 0.322 e. The molecule has 1 amide bonds. The molecule has 28 heavy (non-hydrogen) atoms. The number of benzene rings is 2. The second-order valence-corrected chi connectivity index (χ2v) is 9.25. The van der Waals surface area contributed by atoms with Gasteiger partial charge in [-0.2, -0.15) is 4.31 Å². The average Bonchev–Trinajstić information content (AvgIpc) is 2.68. The Hall–Kier alpha value is -2.25. The fourth-order valence-corrected chi connectivity index (χ4v) is 5.07. The normalized spacial score (nSPS) is 15.6. The molecule has 1 aliphatic rings. The number of carbonyl (C=O) groups is 1. The van der Waals surface area contributed by atoms with E-state index >= 15 is 0 Å². The topological polar surface area (TPSA) is 66.5 Å². The number of sulfonamides is 1. The third-order valence-electron chi connectivity index (χ3n) is 5.22. The van der Waals surface area contributed by atoms with Gasteiger partial charge in [-0.15, -0.1) is 0 Å². The van der Waals surface area contributed by atoms with Crippen LogP contribution >= 0.6 is 0 Å². The van der Waals surface area contributed by atoms with Crippen LogP contribution in [0, 0.1) is 12.7 Å². The predicted molar refractivity (Wildman–Crippen MR) is 107 cm³/mol. The molecule has 0 radical (unpaired) electrons. The summed E-state index contributed by atoms with van der Waals surface area (Å²) in [6.07, 6.45) is 4.56. The quantitative estimate of drug-likeness (QED) is 0.806. The molecule has 2 aromatic rings. The molecule has 7 heteroatoms. The number of halogens is 1. The lowest BCUT2D eigenvalue weighted by Crippen LogP contribution is -2.38. The van der Waals surface area contributed by atoms with Crippen LogP contribution in [0.5, 0.6) is 0 Å². The van der Waals surface area contributed by atoms with Crippen molar-refractivity contribution >= 4 is 21.6 Å². The molecule has 3 rings (SSSR count). The number of hydrogen-bond donors (Lipinski definition) is 1. The van der Waals surface area contributed by atoms with Gasteiger partial charge in [-0.05, 0) is 55.7 Å². The fraction of sp³-hybridized carbons (Fsp3) is 0.381. The van der Waals surface area contributed by atoms with Gasteiger partial charge in [-0.1, -0.05) is 31.4 Å². The highest BCUT2D eigenvalue weighted by Crippen LogP contribution is 2.28. The molecular formula is C21H25FN2O3S. The van der Waals surface area contributed by atoms with Crippen molar-refractivity contribution in [2.75, 3.05) is 12.4 Å². The summed E-state index contributed by atoms with van der Waals surface area (Å²) in [4.78, 5) is 12.1. The van der Waals surface area contributed by atoms with Crippen molar-refractivity contribution in [1.82, 2.24) is 4.31 Å². The maximum atomic E-state index is 14.4. The highest BCUT2D eigenvalue weighted by atomic mass is 32.2. The molecule has 150 valence electrons. The number of anilines is 1. The van der Waals surface area contributed by atoms with Crippen molar-refractivity contribution in [3.05, 3.63) is 59.4 Å². The summed E-state index contributed by atoms with van der Waals surface area (Å²) in [5.74, 6) is -1.34. The zero-order valence-corrected chi connectivity index (χ0v) is 16.9. The molecule has 0 heterocycles. The van der Waals surface area contributed by atoms with Gasteiger partial charge >= 0.3 is 0 Å². The predicted octanol–water partition coefficient (Wildman–Crippen LogP) is 4.34. The molecule has 0 saturated heterocycles. The smallest absolute Gasteiger partial charge is 0.255 e. The van der Waals surface area contributed by atoms with E-state index in [2.05, 4.69) is 5.32 Å². The van der Waals surface area contributed by atoms with E-state index in [1.54, 1.807) is 12.1 Å². The van der Waals surface area contributed by atoms with Crippen LogP contribution in [-0.4, -0.2) is 31.7 Å². The van der Waals surface area contributed by atoms with Gasteiger partial charge in [0.05, 0.1) is 0 Å². The van der Waals surface area contributed by atoms with E-state index in [4.69, 9.17) is 0 Å². The molecule has 1 fully saturated rings. The third kappa shape index (κ3) is 4.42. The van der Waals surface area contributed by atoms with Gasteiger partial charge < -0.3 is 5.32 Å². The SMILES string of the molecule is Cc1cccc(NC(=O)c2ccc(F)c(S(=O)(=O)N(C)C3CCCCC3)c2)c1. The van der Waals surface area contributed by atoms with E-state index in [0.29, 0.717) is 5.69 Å². The molecule has 0 aromatic heterocycles. The fourth-order valence-electron chi connectivity index (χ4n) is 3.56. The van der Waals surface area contributed by atoms with E-state index in [1.165, 1.54) is 17.4 Å². The van der Waals surface area contributed by atoms with Crippen LogP contribution in [0.1, 0.15) is 48.0 Å². The average molecular weight is 405 g/mol. The van der Waals surface area contributed by atoms with E-state index in [0.717, 1.165) is 49.8 Å². The van der Waals surface area contributed by atoms with Crippen LogP contribution in [0.25, 0.3) is 0 Å². The van der Waals surface area contributed by atoms with Crippen LogP contribution in [0.2, 0.25) is 0 Å².